The molecule has 2 aromatic heterocycles. The molecule has 0 bridgehead atoms. The average molecular weight is 455 g/mol. The molecule has 0 radical (unpaired) electrons. The second kappa shape index (κ2) is 10.3. The minimum atomic E-state index is -0.882. The third-order valence-electron chi connectivity index (χ3n) is 5.57. The van der Waals surface area contributed by atoms with Crippen LogP contribution in [-0.2, 0) is 29.7 Å². The van der Waals surface area contributed by atoms with Gasteiger partial charge in [-0.25, -0.2) is 4.98 Å². The number of benzene rings is 1. The Morgan fingerprint density at radius 1 is 1.24 bits per heavy atom. The van der Waals surface area contributed by atoms with E-state index in [0.29, 0.717) is 18.7 Å². The zero-order chi connectivity index (χ0) is 24.3. The highest BCUT2D eigenvalue weighted by atomic mass is 16.5. The molecule has 0 saturated carbocycles. The zero-order valence-electron chi connectivity index (χ0n) is 20.3. The van der Waals surface area contributed by atoms with Gasteiger partial charge in [-0.1, -0.05) is 19.9 Å². The van der Waals surface area contributed by atoms with Crippen LogP contribution in [0.25, 0.3) is 22.4 Å². The van der Waals surface area contributed by atoms with Crippen LogP contribution < -0.4 is 10.9 Å². The minimum absolute atomic E-state index is 0.0224. The molecule has 0 saturated heterocycles. The van der Waals surface area contributed by atoms with Crippen molar-refractivity contribution in [1.82, 2.24) is 19.4 Å². The Kier molecular flexibility index (Phi) is 7.71. The predicted molar refractivity (Wildman–Crippen MR) is 129 cm³/mol. The summed E-state index contributed by atoms with van der Waals surface area (Å²) in [5, 5.41) is 13.2. The molecule has 3 rings (SSSR count). The van der Waals surface area contributed by atoms with Crippen molar-refractivity contribution in [1.29, 1.82) is 0 Å². The number of ether oxygens (including phenoxy) is 1. The summed E-state index contributed by atoms with van der Waals surface area (Å²) in [7, 11) is 1.74. The van der Waals surface area contributed by atoms with E-state index in [4.69, 9.17) is 9.72 Å². The fourth-order valence-electron chi connectivity index (χ4n) is 3.84. The molecule has 178 valence electrons. The van der Waals surface area contributed by atoms with Crippen LogP contribution in [-0.4, -0.2) is 43.9 Å². The summed E-state index contributed by atoms with van der Waals surface area (Å²) in [4.78, 5) is 29.3. The summed E-state index contributed by atoms with van der Waals surface area (Å²) < 4.78 is 8.99. The Bertz CT molecular complexity index is 1170. The van der Waals surface area contributed by atoms with Crippen molar-refractivity contribution in [2.75, 3.05) is 6.61 Å². The van der Waals surface area contributed by atoms with Crippen molar-refractivity contribution < 1.29 is 14.6 Å². The number of nitrogens with zero attached hydrogens (tertiary/aromatic N) is 3. The van der Waals surface area contributed by atoms with Gasteiger partial charge in [0, 0.05) is 37.5 Å². The summed E-state index contributed by atoms with van der Waals surface area (Å²) in [6.07, 6.45) is 0.925. The molecular formula is C25H34N4O4. The van der Waals surface area contributed by atoms with Crippen molar-refractivity contribution >= 4 is 17.0 Å². The highest BCUT2D eigenvalue weighted by Gasteiger charge is 2.25. The molecule has 1 aromatic carbocycles. The first kappa shape index (κ1) is 24.7. The first-order chi connectivity index (χ1) is 15.6. The van der Waals surface area contributed by atoms with Gasteiger partial charge < -0.3 is 19.0 Å². The van der Waals surface area contributed by atoms with Gasteiger partial charge in [-0.15, -0.1) is 0 Å². The van der Waals surface area contributed by atoms with Gasteiger partial charge in [0.15, 0.2) is 0 Å². The highest BCUT2D eigenvalue weighted by Crippen LogP contribution is 2.25. The van der Waals surface area contributed by atoms with Crippen LogP contribution in [0.1, 0.15) is 38.8 Å². The minimum Gasteiger partial charge on any atom is -0.464 e. The first-order valence-electron chi connectivity index (χ1n) is 11.4. The van der Waals surface area contributed by atoms with Gasteiger partial charge >= 0.3 is 5.97 Å². The van der Waals surface area contributed by atoms with Crippen LogP contribution in [0.4, 0.5) is 0 Å². The number of esters is 1. The van der Waals surface area contributed by atoms with Crippen molar-refractivity contribution in [3.8, 4) is 11.4 Å². The van der Waals surface area contributed by atoms with Gasteiger partial charge in [-0.2, -0.15) is 0 Å². The molecule has 3 aromatic rings. The van der Waals surface area contributed by atoms with Crippen LogP contribution in [0.2, 0.25) is 0 Å². The standard InChI is InChI=1S/C25H34N4O4/c1-7-29-21-9-8-18(12-26-22(17(5)30)25(32)33-14-15(2)3)11-20(21)27-23(29)19-10-16(4)24(31)28(6)13-19/h8-11,13,15,17,22,26,30H,7,12,14H2,1-6H3/t17-,22+/m1/s1. The normalized spacial score (nSPS) is 13.5. The van der Waals surface area contributed by atoms with Crippen molar-refractivity contribution in [2.24, 2.45) is 13.0 Å². The molecule has 0 spiro atoms. The van der Waals surface area contributed by atoms with E-state index in [1.54, 1.807) is 31.7 Å². The molecule has 8 nitrogen and oxygen atoms in total. The molecule has 2 heterocycles. The average Bonchev–Trinajstić information content (AvgIpc) is 3.13. The topological polar surface area (TPSA) is 98.4 Å². The summed E-state index contributed by atoms with van der Waals surface area (Å²) in [6, 6.07) is 7.03. The number of nitrogens with one attached hydrogen (secondary N) is 1. The Balaban J connectivity index is 1.87. The smallest absolute Gasteiger partial charge is 0.325 e. The van der Waals surface area contributed by atoms with E-state index in [2.05, 4.69) is 16.8 Å². The second-order valence-electron chi connectivity index (χ2n) is 8.95. The fourth-order valence-corrected chi connectivity index (χ4v) is 3.84. The summed E-state index contributed by atoms with van der Waals surface area (Å²) in [5.74, 6) is 0.572. The monoisotopic (exact) mass is 454 g/mol. The number of hydrogen-bond acceptors (Lipinski definition) is 6. The Morgan fingerprint density at radius 2 is 1.97 bits per heavy atom. The largest absolute Gasteiger partial charge is 0.464 e. The van der Waals surface area contributed by atoms with Gasteiger partial charge in [0.1, 0.15) is 11.9 Å². The zero-order valence-corrected chi connectivity index (χ0v) is 20.3. The summed E-state index contributed by atoms with van der Waals surface area (Å²) in [5.41, 5.74) is 4.29. The Hall–Kier alpha value is -2.97. The number of carbonyl (C=O) groups excluding carboxylic acids is 1. The Morgan fingerprint density at radius 3 is 2.58 bits per heavy atom. The molecular weight excluding hydrogens is 420 g/mol. The number of aliphatic hydroxyl groups is 1. The lowest BCUT2D eigenvalue weighted by Gasteiger charge is -2.20. The van der Waals surface area contributed by atoms with Crippen molar-refractivity contribution in [2.45, 2.75) is 59.9 Å². The maximum atomic E-state index is 12.4. The van der Waals surface area contributed by atoms with Gasteiger partial charge in [0.2, 0.25) is 0 Å². The molecule has 33 heavy (non-hydrogen) atoms. The van der Waals surface area contributed by atoms with Crippen molar-refractivity contribution in [3.63, 3.8) is 0 Å². The maximum Gasteiger partial charge on any atom is 0.325 e. The molecule has 0 aliphatic rings. The molecule has 0 amide bonds. The van der Waals surface area contributed by atoms with Crippen LogP contribution in [0.15, 0.2) is 35.3 Å². The number of rotatable bonds is 9. The number of aliphatic hydroxyl groups excluding tert-OH is 1. The number of carbonyl (C=O) groups is 1. The molecule has 0 unspecified atom stereocenters. The predicted octanol–water partition coefficient (Wildman–Crippen LogP) is 2.77. The van der Waals surface area contributed by atoms with E-state index in [9.17, 15) is 14.7 Å². The first-order valence-corrected chi connectivity index (χ1v) is 11.4. The summed E-state index contributed by atoms with van der Waals surface area (Å²) >= 11 is 0. The van der Waals surface area contributed by atoms with Crippen LogP contribution >= 0.6 is 0 Å². The van der Waals surface area contributed by atoms with E-state index >= 15 is 0 Å². The van der Waals surface area contributed by atoms with E-state index in [-0.39, 0.29) is 11.5 Å². The number of imidazole rings is 1. The van der Waals surface area contributed by atoms with Gasteiger partial charge in [-0.3, -0.25) is 14.9 Å². The SMILES string of the molecule is CCn1c(-c2cc(C)c(=O)n(C)c2)nc2cc(CN[C@H](C(=O)OCC(C)C)[C@@H](C)O)ccc21. The third kappa shape index (κ3) is 5.51. The molecule has 0 fully saturated rings. The molecule has 2 atom stereocenters. The van der Waals surface area contributed by atoms with Crippen LogP contribution in [0.5, 0.6) is 0 Å². The van der Waals surface area contributed by atoms with Crippen LogP contribution in [0.3, 0.4) is 0 Å². The summed E-state index contributed by atoms with van der Waals surface area (Å²) in [6.45, 7) is 10.8. The number of pyridine rings is 1. The van der Waals surface area contributed by atoms with Gasteiger partial charge in [0.25, 0.3) is 5.56 Å². The Labute approximate surface area is 194 Å². The van der Waals surface area contributed by atoms with E-state index in [1.807, 2.05) is 38.1 Å². The molecule has 2 N–H and O–H groups in total. The van der Waals surface area contributed by atoms with E-state index in [1.165, 1.54) is 0 Å². The number of aromatic nitrogens is 3. The molecule has 8 heteroatoms. The number of hydrogen-bond donors (Lipinski definition) is 2. The quantitative estimate of drug-likeness (QED) is 0.483. The second-order valence-corrected chi connectivity index (χ2v) is 8.95. The lowest BCUT2D eigenvalue weighted by atomic mass is 10.1. The maximum absolute atomic E-state index is 12.4. The lowest BCUT2D eigenvalue weighted by molar-refractivity contribution is -0.150. The highest BCUT2D eigenvalue weighted by molar-refractivity contribution is 5.81. The number of fused-ring (bicyclic) bond motifs is 1. The fraction of sp³-hybridized carbons (Fsp3) is 0.480. The number of aryl methyl sites for hydroxylation is 3. The third-order valence-corrected chi connectivity index (χ3v) is 5.57. The lowest BCUT2D eigenvalue weighted by Crippen LogP contribution is -2.45. The molecule has 0 aliphatic carbocycles. The van der Waals surface area contributed by atoms with Gasteiger partial charge in [0.05, 0.1) is 23.7 Å². The van der Waals surface area contributed by atoms with Gasteiger partial charge in [-0.05, 0) is 50.5 Å². The molecule has 0 aliphatic heterocycles. The van der Waals surface area contributed by atoms with E-state index in [0.717, 1.165) is 34.5 Å². The van der Waals surface area contributed by atoms with Crippen LogP contribution in [0, 0.1) is 12.8 Å². The van der Waals surface area contributed by atoms with E-state index < -0.39 is 18.1 Å². The van der Waals surface area contributed by atoms with Crippen molar-refractivity contribution in [3.05, 3.63) is 51.9 Å².